The Kier molecular flexibility index (Phi) is 5.31. The van der Waals surface area contributed by atoms with Crippen LogP contribution in [0.3, 0.4) is 0 Å². The summed E-state index contributed by atoms with van der Waals surface area (Å²) in [6.45, 7) is 2.03. The maximum atomic E-state index is 12.9. The zero-order valence-corrected chi connectivity index (χ0v) is 15.2. The van der Waals surface area contributed by atoms with Crippen LogP contribution in [0, 0.1) is 12.7 Å². The number of hydrogen-bond donors (Lipinski definition) is 1. The van der Waals surface area contributed by atoms with Crippen molar-refractivity contribution in [3.05, 3.63) is 64.6 Å². The number of sulfonamides is 1. The average molecular weight is 380 g/mol. The van der Waals surface area contributed by atoms with Gasteiger partial charge in [-0.2, -0.15) is 0 Å². The van der Waals surface area contributed by atoms with Gasteiger partial charge in [0, 0.05) is 13.0 Å². The fourth-order valence-electron chi connectivity index (χ4n) is 2.34. The van der Waals surface area contributed by atoms with Crippen LogP contribution in [-0.2, 0) is 22.2 Å². The van der Waals surface area contributed by atoms with E-state index in [2.05, 4.69) is 9.71 Å². The molecule has 3 aromatic rings. The molecule has 132 valence electrons. The van der Waals surface area contributed by atoms with Crippen molar-refractivity contribution in [1.29, 1.82) is 0 Å². The first kappa shape index (κ1) is 17.8. The third kappa shape index (κ3) is 4.75. The second kappa shape index (κ2) is 7.47. The van der Waals surface area contributed by atoms with Crippen LogP contribution in [-0.4, -0.2) is 19.9 Å². The van der Waals surface area contributed by atoms with Crippen LogP contribution in [0.5, 0.6) is 0 Å². The smallest absolute Gasteiger partial charge is 0.236 e. The minimum absolute atomic E-state index is 0.189. The Balaban J connectivity index is 1.58. The van der Waals surface area contributed by atoms with Gasteiger partial charge in [0.1, 0.15) is 11.6 Å². The molecule has 5 nitrogen and oxygen atoms in total. The second-order valence-corrected chi connectivity index (χ2v) is 8.28. The van der Waals surface area contributed by atoms with E-state index in [1.54, 1.807) is 0 Å². The van der Waals surface area contributed by atoms with Gasteiger partial charge < -0.3 is 4.42 Å². The number of benzene rings is 1. The van der Waals surface area contributed by atoms with Crippen LogP contribution in [0.2, 0.25) is 0 Å². The van der Waals surface area contributed by atoms with Crippen LogP contribution in [0.15, 0.2) is 46.2 Å². The lowest BCUT2D eigenvalue weighted by atomic mass is 10.2. The van der Waals surface area contributed by atoms with Crippen LogP contribution in [0.4, 0.5) is 4.39 Å². The average Bonchev–Trinajstić information content (AvgIpc) is 3.19. The third-order valence-corrected chi connectivity index (χ3v) is 5.79. The maximum absolute atomic E-state index is 12.9. The summed E-state index contributed by atoms with van der Waals surface area (Å²) in [7, 11) is -3.50. The Hall–Kier alpha value is -2.03. The molecule has 2 heterocycles. The maximum Gasteiger partial charge on any atom is 0.236 e. The van der Waals surface area contributed by atoms with Crippen molar-refractivity contribution in [3.63, 3.8) is 0 Å². The zero-order valence-electron chi connectivity index (χ0n) is 13.5. The molecule has 1 N–H and O–H groups in total. The van der Waals surface area contributed by atoms with E-state index in [1.165, 1.54) is 35.6 Å². The number of nitrogens with zero attached hydrogens (tertiary/aromatic N) is 1. The molecule has 0 radical (unpaired) electrons. The summed E-state index contributed by atoms with van der Waals surface area (Å²) >= 11 is 1.53. The minimum Gasteiger partial charge on any atom is -0.440 e. The predicted molar refractivity (Wildman–Crippen MR) is 95.3 cm³/mol. The fraction of sp³-hybridized carbons (Fsp3) is 0.235. The molecular formula is C17H17FN2O3S2. The Bertz CT molecular complexity index is 933. The van der Waals surface area contributed by atoms with Gasteiger partial charge in [0.2, 0.25) is 15.9 Å². The first-order valence-corrected chi connectivity index (χ1v) is 10.2. The van der Waals surface area contributed by atoms with Crippen LogP contribution >= 0.6 is 11.3 Å². The monoisotopic (exact) mass is 380 g/mol. The molecule has 1 aromatic carbocycles. The number of thiophene rings is 1. The van der Waals surface area contributed by atoms with E-state index in [-0.39, 0.29) is 12.3 Å². The van der Waals surface area contributed by atoms with Crippen molar-refractivity contribution < 1.29 is 17.2 Å². The Morgan fingerprint density at radius 3 is 2.68 bits per heavy atom. The lowest BCUT2D eigenvalue weighted by Crippen LogP contribution is -2.27. The standard InChI is InChI=1S/C17H17FN2O3S2/c1-12-15(20-17(23-12)16-3-2-10-24-16)8-9-19-25(21,22)11-13-4-6-14(18)7-5-13/h2-7,10,19H,8-9,11H2,1H3. The minimum atomic E-state index is -3.50. The molecular weight excluding hydrogens is 363 g/mol. The van der Waals surface area contributed by atoms with Gasteiger partial charge >= 0.3 is 0 Å². The lowest BCUT2D eigenvalue weighted by Gasteiger charge is -2.06. The van der Waals surface area contributed by atoms with Gasteiger partial charge in [-0.05, 0) is 36.1 Å². The second-order valence-electron chi connectivity index (χ2n) is 5.53. The highest BCUT2D eigenvalue weighted by atomic mass is 32.2. The summed E-state index contributed by atoms with van der Waals surface area (Å²) < 4.78 is 45.3. The number of rotatable bonds is 7. The quantitative estimate of drug-likeness (QED) is 0.681. The number of aryl methyl sites for hydroxylation is 1. The summed E-state index contributed by atoms with van der Waals surface area (Å²) in [4.78, 5) is 5.37. The van der Waals surface area contributed by atoms with E-state index in [0.29, 0.717) is 23.6 Å². The summed E-state index contributed by atoms with van der Waals surface area (Å²) in [6.07, 6.45) is 0.434. The predicted octanol–water partition coefficient (Wildman–Crippen LogP) is 3.51. The zero-order chi connectivity index (χ0) is 17.9. The molecule has 2 aromatic heterocycles. The molecule has 0 aliphatic heterocycles. The van der Waals surface area contributed by atoms with Gasteiger partial charge in [-0.15, -0.1) is 11.3 Å². The first-order chi connectivity index (χ1) is 11.9. The highest BCUT2D eigenvalue weighted by molar-refractivity contribution is 7.88. The van der Waals surface area contributed by atoms with Crippen molar-refractivity contribution in [2.45, 2.75) is 19.1 Å². The normalized spacial score (nSPS) is 11.8. The van der Waals surface area contributed by atoms with E-state index in [1.807, 2.05) is 24.4 Å². The molecule has 0 aliphatic rings. The molecule has 0 atom stereocenters. The van der Waals surface area contributed by atoms with E-state index in [9.17, 15) is 12.8 Å². The van der Waals surface area contributed by atoms with E-state index < -0.39 is 15.8 Å². The number of hydrogen-bond acceptors (Lipinski definition) is 5. The van der Waals surface area contributed by atoms with Crippen LogP contribution < -0.4 is 4.72 Å². The summed E-state index contributed by atoms with van der Waals surface area (Å²) in [5.74, 6) is 0.654. The molecule has 0 saturated carbocycles. The molecule has 25 heavy (non-hydrogen) atoms. The van der Waals surface area contributed by atoms with E-state index in [0.717, 1.165) is 10.6 Å². The Morgan fingerprint density at radius 1 is 1.24 bits per heavy atom. The molecule has 0 unspecified atom stereocenters. The van der Waals surface area contributed by atoms with Gasteiger partial charge in [-0.25, -0.2) is 22.5 Å². The molecule has 0 spiro atoms. The molecule has 0 bridgehead atoms. The highest BCUT2D eigenvalue weighted by Crippen LogP contribution is 2.25. The van der Waals surface area contributed by atoms with Gasteiger partial charge in [0.15, 0.2) is 0 Å². The van der Waals surface area contributed by atoms with Gasteiger partial charge in [-0.3, -0.25) is 0 Å². The van der Waals surface area contributed by atoms with Crippen molar-refractivity contribution in [1.82, 2.24) is 9.71 Å². The summed E-state index contributed by atoms with van der Waals surface area (Å²) in [5.41, 5.74) is 1.26. The van der Waals surface area contributed by atoms with Gasteiger partial charge in [0.05, 0.1) is 16.3 Å². The van der Waals surface area contributed by atoms with Crippen molar-refractivity contribution in [2.75, 3.05) is 6.54 Å². The number of oxazole rings is 1. The van der Waals surface area contributed by atoms with Gasteiger partial charge in [-0.1, -0.05) is 18.2 Å². The topological polar surface area (TPSA) is 72.2 Å². The summed E-state index contributed by atoms with van der Waals surface area (Å²) in [5, 5.41) is 1.94. The number of nitrogens with one attached hydrogen (secondary N) is 1. The molecule has 0 aliphatic carbocycles. The fourth-order valence-corrected chi connectivity index (χ4v) is 4.14. The van der Waals surface area contributed by atoms with Crippen molar-refractivity contribution >= 4 is 21.4 Å². The van der Waals surface area contributed by atoms with Crippen molar-refractivity contribution in [3.8, 4) is 10.8 Å². The van der Waals surface area contributed by atoms with E-state index in [4.69, 9.17) is 4.42 Å². The van der Waals surface area contributed by atoms with Crippen LogP contribution in [0.1, 0.15) is 17.0 Å². The first-order valence-electron chi connectivity index (χ1n) is 7.65. The SMILES string of the molecule is Cc1oc(-c2cccs2)nc1CCNS(=O)(=O)Cc1ccc(F)cc1. The Labute approximate surface area is 149 Å². The molecule has 8 heteroatoms. The third-order valence-electron chi connectivity index (χ3n) is 3.58. The Morgan fingerprint density at radius 2 is 2.00 bits per heavy atom. The van der Waals surface area contributed by atoms with Gasteiger partial charge in [0.25, 0.3) is 0 Å². The lowest BCUT2D eigenvalue weighted by molar-refractivity contribution is 0.539. The van der Waals surface area contributed by atoms with E-state index >= 15 is 0 Å². The molecule has 0 amide bonds. The van der Waals surface area contributed by atoms with Crippen LogP contribution in [0.25, 0.3) is 10.8 Å². The molecule has 0 fully saturated rings. The summed E-state index contributed by atoms with van der Waals surface area (Å²) in [6, 6.07) is 9.26. The molecule has 3 rings (SSSR count). The number of halogens is 1. The molecule has 0 saturated heterocycles. The number of aromatic nitrogens is 1. The van der Waals surface area contributed by atoms with Crippen molar-refractivity contribution in [2.24, 2.45) is 0 Å². The highest BCUT2D eigenvalue weighted by Gasteiger charge is 2.15. The largest absolute Gasteiger partial charge is 0.440 e.